The molecule has 0 atom stereocenters. The third-order valence-electron chi connectivity index (χ3n) is 1.69. The molecule has 0 unspecified atom stereocenters. The van der Waals surface area contributed by atoms with Gasteiger partial charge in [0.1, 0.15) is 0 Å². The fraction of sp³-hybridized carbons (Fsp3) is 0.333. The van der Waals surface area contributed by atoms with Gasteiger partial charge in [-0.05, 0) is 31.8 Å². The first kappa shape index (κ1) is 9.05. The van der Waals surface area contributed by atoms with Crippen LogP contribution in [0.25, 0.3) is 0 Å². The van der Waals surface area contributed by atoms with Crippen LogP contribution < -0.4 is 0 Å². The lowest BCUT2D eigenvalue weighted by Crippen LogP contribution is -1.68. The molecule has 0 aromatic heterocycles. The van der Waals surface area contributed by atoms with Crippen LogP contribution in [-0.2, 0) is 0 Å². The Balaban J connectivity index is 2.41. The van der Waals surface area contributed by atoms with Crippen LogP contribution in [0.4, 0.5) is 0 Å². The second-order valence-electron chi connectivity index (χ2n) is 2.76. The van der Waals surface area contributed by atoms with Gasteiger partial charge in [-0.15, -0.1) is 0 Å². The Hall–Kier alpha value is -1.04. The van der Waals surface area contributed by atoms with Crippen LogP contribution in [0.2, 0.25) is 0 Å². The van der Waals surface area contributed by atoms with Crippen LogP contribution in [0.5, 0.6) is 0 Å². The summed E-state index contributed by atoms with van der Waals surface area (Å²) in [5, 5.41) is 0. The summed E-state index contributed by atoms with van der Waals surface area (Å²) in [5.74, 6) is 0. The Morgan fingerprint density at radius 1 is 0.833 bits per heavy atom. The van der Waals surface area contributed by atoms with E-state index < -0.39 is 0 Å². The Morgan fingerprint density at radius 3 is 2.58 bits per heavy atom. The molecule has 0 nitrogen and oxygen atoms in total. The topological polar surface area (TPSA) is 0 Å². The molecule has 1 rings (SSSR count). The van der Waals surface area contributed by atoms with Crippen LogP contribution in [-0.4, -0.2) is 0 Å². The monoisotopic (exact) mass is 159 g/mol. The third-order valence-corrected chi connectivity index (χ3v) is 1.69. The zero-order chi connectivity index (χ0) is 8.49. The molecule has 1 aliphatic carbocycles. The van der Waals surface area contributed by atoms with E-state index in [0.29, 0.717) is 0 Å². The molecular weight excluding hydrogens is 144 g/mol. The van der Waals surface area contributed by atoms with Crippen molar-refractivity contribution in [2.75, 3.05) is 0 Å². The summed E-state index contributed by atoms with van der Waals surface area (Å²) in [6.07, 6.45) is 22.5. The molecule has 0 heterocycles. The van der Waals surface area contributed by atoms with E-state index in [1.165, 1.54) is 0 Å². The maximum Gasteiger partial charge on any atom is -0.00946 e. The van der Waals surface area contributed by atoms with E-state index in [-0.39, 0.29) is 0 Å². The van der Waals surface area contributed by atoms with Gasteiger partial charge in [-0.3, -0.25) is 0 Å². The van der Waals surface area contributed by atoms with Crippen LogP contribution in [0.1, 0.15) is 25.7 Å². The van der Waals surface area contributed by atoms with E-state index in [2.05, 4.69) is 42.5 Å². The van der Waals surface area contributed by atoms with Gasteiger partial charge in [0, 0.05) is 0 Å². The zero-order valence-electron chi connectivity index (χ0n) is 7.37. The summed E-state index contributed by atoms with van der Waals surface area (Å²) >= 11 is 0. The number of rotatable bonds is 0. The lowest BCUT2D eigenvalue weighted by Gasteiger charge is -1.88. The summed E-state index contributed by atoms with van der Waals surface area (Å²) in [5.41, 5.74) is 0. The van der Waals surface area contributed by atoms with Crippen molar-refractivity contribution in [1.82, 2.24) is 0 Å². The maximum atomic E-state index is 3.18. The van der Waals surface area contributed by atoms with Gasteiger partial charge >= 0.3 is 0 Å². The largest absolute Gasteiger partial charge is 0.0879 e. The molecule has 0 bridgehead atoms. The zero-order valence-corrected chi connectivity index (χ0v) is 7.37. The Kier molecular flexibility index (Phi) is 5.02. The minimum Gasteiger partial charge on any atom is -0.0879 e. The highest BCUT2D eigenvalue weighted by molar-refractivity contribution is 5.04. The van der Waals surface area contributed by atoms with Gasteiger partial charge in [-0.2, -0.15) is 0 Å². The molecule has 0 heteroatoms. The van der Waals surface area contributed by atoms with Crippen LogP contribution in [0, 0.1) is 6.08 Å². The number of hydrogen-bond acceptors (Lipinski definition) is 0. The summed E-state index contributed by atoms with van der Waals surface area (Å²) < 4.78 is 0. The van der Waals surface area contributed by atoms with Crippen LogP contribution in [0.3, 0.4) is 0 Å². The van der Waals surface area contributed by atoms with E-state index in [9.17, 15) is 0 Å². The summed E-state index contributed by atoms with van der Waals surface area (Å²) in [6.45, 7) is 0. The summed E-state index contributed by atoms with van der Waals surface area (Å²) in [6, 6.07) is 0. The van der Waals surface area contributed by atoms with E-state index in [0.717, 1.165) is 25.7 Å². The molecule has 0 aromatic carbocycles. The Morgan fingerprint density at radius 2 is 1.67 bits per heavy atom. The van der Waals surface area contributed by atoms with Crippen molar-refractivity contribution in [3.8, 4) is 0 Å². The molecule has 1 aliphatic rings. The van der Waals surface area contributed by atoms with Crippen LogP contribution in [0.15, 0.2) is 42.5 Å². The van der Waals surface area contributed by atoms with Crippen molar-refractivity contribution in [3.63, 3.8) is 0 Å². The molecule has 0 N–H and O–H groups in total. The molecule has 0 aromatic rings. The lowest BCUT2D eigenvalue weighted by atomic mass is 10.2. The molecule has 63 valence electrons. The predicted octanol–water partition coefficient (Wildman–Crippen LogP) is 3.59. The van der Waals surface area contributed by atoms with Gasteiger partial charge in [-0.1, -0.05) is 42.5 Å². The van der Waals surface area contributed by atoms with Gasteiger partial charge < -0.3 is 0 Å². The maximum absolute atomic E-state index is 3.18. The normalized spacial score (nSPS) is 29.3. The molecule has 0 amide bonds. The Labute approximate surface area is 75.0 Å². The summed E-state index contributed by atoms with van der Waals surface area (Å²) in [7, 11) is 0. The molecule has 0 fully saturated rings. The lowest BCUT2D eigenvalue weighted by molar-refractivity contribution is 1.03. The van der Waals surface area contributed by atoms with Crippen molar-refractivity contribution in [2.24, 2.45) is 0 Å². The van der Waals surface area contributed by atoms with E-state index in [1.54, 1.807) is 0 Å². The molecule has 1 radical (unpaired) electrons. The van der Waals surface area contributed by atoms with Crippen LogP contribution >= 0.6 is 0 Å². The highest BCUT2D eigenvalue weighted by atomic mass is 13.8. The van der Waals surface area contributed by atoms with E-state index in [1.807, 2.05) is 6.08 Å². The van der Waals surface area contributed by atoms with Gasteiger partial charge in [-0.25, -0.2) is 0 Å². The minimum atomic E-state index is 0.939. The SMILES string of the molecule is [C]1=C\C=C\C/C=C\CC/C=C\C/1. The average molecular weight is 159 g/mol. The minimum absolute atomic E-state index is 0.939. The van der Waals surface area contributed by atoms with Gasteiger partial charge in [0.15, 0.2) is 0 Å². The number of allylic oxidation sites excluding steroid dienone is 8. The molecule has 0 saturated heterocycles. The molecule has 0 spiro atoms. The Bertz CT molecular complexity index is 180. The average Bonchev–Trinajstić information content (AvgIpc) is 2.05. The standard InChI is InChI=1S/C12H15/c1-2-4-6-8-10-12-11-9-7-5-3-1/h1-3,6,8-9,11H,4,7,10,12H2/b2-1+,5-3?,8-6-,11-9-. The van der Waals surface area contributed by atoms with Crippen molar-refractivity contribution in [3.05, 3.63) is 48.6 Å². The molecule has 0 aliphatic heterocycles. The molecular formula is C12H15. The second kappa shape index (κ2) is 6.66. The van der Waals surface area contributed by atoms with E-state index >= 15 is 0 Å². The van der Waals surface area contributed by atoms with Crippen molar-refractivity contribution < 1.29 is 0 Å². The number of hydrogen-bond donors (Lipinski definition) is 0. The van der Waals surface area contributed by atoms with E-state index in [4.69, 9.17) is 0 Å². The predicted molar refractivity (Wildman–Crippen MR) is 53.7 cm³/mol. The first-order chi connectivity index (χ1) is 6.00. The second-order valence-corrected chi connectivity index (χ2v) is 2.76. The van der Waals surface area contributed by atoms with Gasteiger partial charge in [0.25, 0.3) is 0 Å². The first-order valence-corrected chi connectivity index (χ1v) is 4.52. The van der Waals surface area contributed by atoms with Crippen molar-refractivity contribution in [1.29, 1.82) is 0 Å². The van der Waals surface area contributed by atoms with Crippen molar-refractivity contribution >= 4 is 0 Å². The third kappa shape index (κ3) is 4.73. The first-order valence-electron chi connectivity index (χ1n) is 4.52. The fourth-order valence-electron chi connectivity index (χ4n) is 1.04. The van der Waals surface area contributed by atoms with Gasteiger partial charge in [0.05, 0.1) is 0 Å². The fourth-order valence-corrected chi connectivity index (χ4v) is 1.04. The highest BCUT2D eigenvalue weighted by Gasteiger charge is 1.78. The smallest absolute Gasteiger partial charge is 0.00946 e. The molecule has 0 saturated carbocycles. The highest BCUT2D eigenvalue weighted by Crippen LogP contribution is 1.98. The quantitative estimate of drug-likeness (QED) is 0.474. The molecule has 12 heavy (non-hydrogen) atoms. The van der Waals surface area contributed by atoms with Gasteiger partial charge in [0.2, 0.25) is 0 Å². The van der Waals surface area contributed by atoms with Crippen molar-refractivity contribution in [2.45, 2.75) is 25.7 Å². The summed E-state index contributed by atoms with van der Waals surface area (Å²) in [4.78, 5) is 0.